The smallest absolute Gasteiger partial charge is 0.261 e. The summed E-state index contributed by atoms with van der Waals surface area (Å²) in [7, 11) is 0. The Bertz CT molecular complexity index is 561. The number of rotatable bonds is 5. The first-order chi connectivity index (χ1) is 9.25. The number of aromatic nitrogens is 1. The van der Waals surface area contributed by atoms with Gasteiger partial charge in [0.15, 0.2) is 0 Å². The Morgan fingerprint density at radius 3 is 2.95 bits per heavy atom. The molecule has 2 aromatic heterocycles. The molecule has 2 rings (SSSR count). The topological polar surface area (TPSA) is 86.3 Å². The number of carbonyl (C=O) groups is 2. The van der Waals surface area contributed by atoms with Gasteiger partial charge in [-0.3, -0.25) is 9.59 Å². The first-order valence-corrected chi connectivity index (χ1v) is 6.40. The number of thiophene rings is 1. The van der Waals surface area contributed by atoms with Crippen molar-refractivity contribution in [1.82, 2.24) is 15.7 Å². The zero-order valence-electron chi connectivity index (χ0n) is 9.92. The van der Waals surface area contributed by atoms with Crippen LogP contribution in [0.15, 0.2) is 40.9 Å². The lowest BCUT2D eigenvalue weighted by molar-refractivity contribution is -0.120. The Hall–Kier alpha value is -2.41. The highest BCUT2D eigenvalue weighted by Crippen LogP contribution is 2.07. The average Bonchev–Trinajstić information content (AvgIpc) is 3.08. The zero-order valence-corrected chi connectivity index (χ0v) is 10.7. The van der Waals surface area contributed by atoms with Gasteiger partial charge in [-0.05, 0) is 23.6 Å². The molecule has 19 heavy (non-hydrogen) atoms. The van der Waals surface area contributed by atoms with Gasteiger partial charge >= 0.3 is 0 Å². The molecule has 0 saturated carbocycles. The number of nitrogens with one attached hydrogen (secondary N) is 3. The number of hydrogen-bond donors (Lipinski definition) is 3. The zero-order chi connectivity index (χ0) is 13.5. The van der Waals surface area contributed by atoms with Gasteiger partial charge in [0.1, 0.15) is 0 Å². The minimum Gasteiger partial charge on any atom is -0.360 e. The Balaban J connectivity index is 1.71. The third kappa shape index (κ3) is 4.07. The highest BCUT2D eigenvalue weighted by atomic mass is 32.1. The van der Waals surface area contributed by atoms with Crippen molar-refractivity contribution in [1.29, 1.82) is 0 Å². The van der Waals surface area contributed by atoms with Crippen LogP contribution in [0.3, 0.4) is 0 Å². The normalized spacial score (nSPS) is 10.5. The van der Waals surface area contributed by atoms with E-state index in [1.165, 1.54) is 17.6 Å². The van der Waals surface area contributed by atoms with E-state index in [4.69, 9.17) is 0 Å². The molecule has 0 fully saturated rings. The largest absolute Gasteiger partial charge is 0.360 e. The molecule has 0 aliphatic heterocycles. The number of carbonyl (C=O) groups excluding carboxylic acids is 2. The molecule has 2 heterocycles. The van der Waals surface area contributed by atoms with Gasteiger partial charge in [-0.25, -0.2) is 5.43 Å². The fourth-order valence-electron chi connectivity index (χ4n) is 1.29. The van der Waals surface area contributed by atoms with Crippen LogP contribution in [0, 0.1) is 0 Å². The third-order valence-corrected chi connectivity index (χ3v) is 3.04. The summed E-state index contributed by atoms with van der Waals surface area (Å²) in [5.74, 6) is -0.647. The molecule has 0 atom stereocenters. The molecule has 0 spiro atoms. The molecule has 0 bridgehead atoms. The van der Waals surface area contributed by atoms with Crippen molar-refractivity contribution >= 4 is 29.4 Å². The van der Waals surface area contributed by atoms with E-state index in [9.17, 15) is 9.59 Å². The molecule has 0 radical (unpaired) electrons. The fourth-order valence-corrected chi connectivity index (χ4v) is 1.93. The third-order valence-electron chi connectivity index (χ3n) is 2.17. The standard InChI is InChI=1S/C12H12N4O2S/c17-11(16-15-7-9-3-1-5-13-9)8-14-12(18)10-4-2-6-19-10/h1-7,13H,8H2,(H,14,18)(H,16,17)/b15-7+. The Morgan fingerprint density at radius 1 is 1.37 bits per heavy atom. The molecule has 3 N–H and O–H groups in total. The molecule has 0 aliphatic rings. The molecule has 0 saturated heterocycles. The lowest BCUT2D eigenvalue weighted by Crippen LogP contribution is -2.34. The van der Waals surface area contributed by atoms with E-state index >= 15 is 0 Å². The van der Waals surface area contributed by atoms with Gasteiger partial charge in [0.05, 0.1) is 23.3 Å². The van der Waals surface area contributed by atoms with Crippen molar-refractivity contribution in [2.24, 2.45) is 5.10 Å². The second kappa shape index (κ2) is 6.50. The molecule has 2 aromatic rings. The van der Waals surface area contributed by atoms with E-state index in [1.54, 1.807) is 23.7 Å². The van der Waals surface area contributed by atoms with Gasteiger partial charge in [0, 0.05) is 6.20 Å². The van der Waals surface area contributed by atoms with Gasteiger partial charge in [0.25, 0.3) is 11.8 Å². The van der Waals surface area contributed by atoms with E-state index in [2.05, 4.69) is 20.8 Å². The monoisotopic (exact) mass is 276 g/mol. The van der Waals surface area contributed by atoms with E-state index in [-0.39, 0.29) is 18.4 Å². The molecule has 7 heteroatoms. The number of nitrogens with zero attached hydrogens (tertiary/aromatic N) is 1. The van der Waals surface area contributed by atoms with Crippen molar-refractivity contribution in [3.8, 4) is 0 Å². The van der Waals surface area contributed by atoms with Crippen molar-refractivity contribution in [2.75, 3.05) is 6.54 Å². The second-order valence-corrected chi connectivity index (χ2v) is 4.53. The molecular formula is C12H12N4O2S. The van der Waals surface area contributed by atoms with Crippen LogP contribution in [-0.4, -0.2) is 29.6 Å². The van der Waals surface area contributed by atoms with Gasteiger partial charge in [-0.15, -0.1) is 11.3 Å². The van der Waals surface area contributed by atoms with Crippen molar-refractivity contribution < 1.29 is 9.59 Å². The predicted octanol–water partition coefficient (Wildman–Crippen LogP) is 0.956. The summed E-state index contributed by atoms with van der Waals surface area (Å²) in [5, 5.41) is 8.06. The van der Waals surface area contributed by atoms with Gasteiger partial charge in [0.2, 0.25) is 0 Å². The highest BCUT2D eigenvalue weighted by Gasteiger charge is 2.07. The number of H-pyrrole nitrogens is 1. The molecule has 98 valence electrons. The van der Waals surface area contributed by atoms with Crippen molar-refractivity contribution in [3.63, 3.8) is 0 Å². The fraction of sp³-hybridized carbons (Fsp3) is 0.0833. The molecule has 0 aromatic carbocycles. The lowest BCUT2D eigenvalue weighted by Gasteiger charge is -2.01. The maximum Gasteiger partial charge on any atom is 0.261 e. The number of hydrazone groups is 1. The van der Waals surface area contributed by atoms with E-state index in [0.29, 0.717) is 4.88 Å². The predicted molar refractivity (Wildman–Crippen MR) is 73.2 cm³/mol. The summed E-state index contributed by atoms with van der Waals surface area (Å²) in [6.45, 7) is -0.112. The summed E-state index contributed by atoms with van der Waals surface area (Å²) in [6.07, 6.45) is 3.24. The maximum absolute atomic E-state index is 11.5. The first kappa shape index (κ1) is 13.0. The Morgan fingerprint density at radius 2 is 2.26 bits per heavy atom. The molecule has 0 aliphatic carbocycles. The summed E-state index contributed by atoms with van der Waals surface area (Å²) in [4.78, 5) is 26.4. The van der Waals surface area contributed by atoms with Crippen molar-refractivity contribution in [3.05, 3.63) is 46.4 Å². The number of amides is 2. The lowest BCUT2D eigenvalue weighted by atomic mass is 10.4. The van der Waals surface area contributed by atoms with Crippen LogP contribution in [0.4, 0.5) is 0 Å². The van der Waals surface area contributed by atoms with Crippen LogP contribution in [0.2, 0.25) is 0 Å². The minimum atomic E-state index is -0.382. The Kier molecular flexibility index (Phi) is 4.46. The van der Waals surface area contributed by atoms with Gasteiger partial charge in [-0.1, -0.05) is 6.07 Å². The Labute approximate surface area is 113 Å². The average molecular weight is 276 g/mol. The van der Waals surface area contributed by atoms with Crippen LogP contribution < -0.4 is 10.7 Å². The van der Waals surface area contributed by atoms with Gasteiger partial charge < -0.3 is 10.3 Å². The summed E-state index contributed by atoms with van der Waals surface area (Å²) in [5.41, 5.74) is 3.10. The van der Waals surface area contributed by atoms with Crippen molar-refractivity contribution in [2.45, 2.75) is 0 Å². The van der Waals surface area contributed by atoms with Crippen LogP contribution in [-0.2, 0) is 4.79 Å². The van der Waals surface area contributed by atoms with E-state index < -0.39 is 0 Å². The number of hydrogen-bond acceptors (Lipinski definition) is 4. The van der Waals surface area contributed by atoms with Crippen LogP contribution in [0.1, 0.15) is 15.4 Å². The highest BCUT2D eigenvalue weighted by molar-refractivity contribution is 7.12. The van der Waals surface area contributed by atoms with Crippen LogP contribution in [0.5, 0.6) is 0 Å². The molecular weight excluding hydrogens is 264 g/mol. The summed E-state index contributed by atoms with van der Waals surface area (Å²) < 4.78 is 0. The van der Waals surface area contributed by atoms with E-state index in [0.717, 1.165) is 5.69 Å². The minimum absolute atomic E-state index is 0.112. The van der Waals surface area contributed by atoms with Gasteiger partial charge in [-0.2, -0.15) is 5.10 Å². The van der Waals surface area contributed by atoms with Crippen LogP contribution >= 0.6 is 11.3 Å². The summed E-state index contributed by atoms with van der Waals surface area (Å²) >= 11 is 1.32. The van der Waals surface area contributed by atoms with Crippen LogP contribution in [0.25, 0.3) is 0 Å². The number of aromatic amines is 1. The SMILES string of the molecule is O=C(CNC(=O)c1cccs1)N/N=C/c1ccc[nH]1. The molecule has 6 nitrogen and oxygen atoms in total. The van der Waals surface area contributed by atoms with E-state index in [1.807, 2.05) is 12.1 Å². The molecule has 0 unspecified atom stereocenters. The first-order valence-electron chi connectivity index (χ1n) is 5.53. The summed E-state index contributed by atoms with van der Waals surface area (Å²) in [6, 6.07) is 7.11. The maximum atomic E-state index is 11.5. The second-order valence-electron chi connectivity index (χ2n) is 3.58. The quantitative estimate of drug-likeness (QED) is 0.561. The molecule has 2 amide bonds.